The Hall–Kier alpha value is -2.35. The first-order valence-electron chi connectivity index (χ1n) is 11.2. The lowest BCUT2D eigenvalue weighted by Crippen LogP contribution is -2.60. The molecule has 1 unspecified atom stereocenters. The number of aromatic nitrogens is 3. The molecule has 1 heterocycles. The molecular weight excluding hydrogens is 408 g/mol. The lowest BCUT2D eigenvalue weighted by atomic mass is 9.53. The molecule has 1 aromatic carbocycles. The number of carbonyl (C=O) groups excluding carboxylic acids is 1. The van der Waals surface area contributed by atoms with E-state index in [0.717, 1.165) is 23.4 Å². The fourth-order valence-electron chi connectivity index (χ4n) is 6.17. The summed E-state index contributed by atoms with van der Waals surface area (Å²) in [6.45, 7) is 2.00. The zero-order chi connectivity index (χ0) is 21.4. The molecule has 164 valence electrons. The minimum atomic E-state index is -0.0660. The predicted octanol–water partition coefficient (Wildman–Crippen LogP) is 4.08. The van der Waals surface area contributed by atoms with Crippen LogP contribution in [0.5, 0.6) is 0 Å². The number of carbonyl (C=O) groups is 1. The van der Waals surface area contributed by atoms with E-state index in [-0.39, 0.29) is 22.6 Å². The summed E-state index contributed by atoms with van der Waals surface area (Å²) in [5.41, 5.74) is 6.85. The van der Waals surface area contributed by atoms with Gasteiger partial charge in [-0.05, 0) is 75.3 Å². The highest BCUT2D eigenvalue weighted by atomic mass is 32.2. The third kappa shape index (κ3) is 4.63. The summed E-state index contributed by atoms with van der Waals surface area (Å²) in [7, 11) is 0. The minimum Gasteiger partial charge on any atom is -0.368 e. The van der Waals surface area contributed by atoms with Gasteiger partial charge in [-0.2, -0.15) is 15.0 Å². The fraction of sp³-hybridized carbons (Fsp3) is 0.565. The number of nitrogen functional groups attached to an aromatic ring is 1. The van der Waals surface area contributed by atoms with Crippen LogP contribution >= 0.6 is 11.8 Å². The standard InChI is InChI=1S/C23H30N6OS/c1-14(20-26-21(24)28-22(27-20)25-18-5-3-2-4-6-18)31-13-19(30)29-23-10-15-7-16(11-23)9-17(8-15)12-23/h2-6,14-17H,7-13H2,1H3,(H,29,30)(H3,24,25,26,27,28). The van der Waals surface area contributed by atoms with E-state index < -0.39 is 0 Å². The van der Waals surface area contributed by atoms with E-state index >= 15 is 0 Å². The molecule has 1 amide bonds. The number of anilines is 3. The maximum atomic E-state index is 12.8. The number of benzene rings is 1. The Labute approximate surface area is 187 Å². The van der Waals surface area contributed by atoms with Crippen molar-refractivity contribution >= 4 is 35.3 Å². The van der Waals surface area contributed by atoms with Crippen molar-refractivity contribution < 1.29 is 4.79 Å². The van der Waals surface area contributed by atoms with E-state index in [4.69, 9.17) is 5.73 Å². The average molecular weight is 439 g/mol. The van der Waals surface area contributed by atoms with E-state index in [1.165, 1.54) is 38.5 Å². The van der Waals surface area contributed by atoms with E-state index in [2.05, 4.69) is 25.6 Å². The number of para-hydroxylation sites is 1. The van der Waals surface area contributed by atoms with Gasteiger partial charge in [0, 0.05) is 11.2 Å². The summed E-state index contributed by atoms with van der Waals surface area (Å²) in [6.07, 6.45) is 7.64. The van der Waals surface area contributed by atoms with Crippen molar-refractivity contribution in [2.24, 2.45) is 17.8 Å². The van der Waals surface area contributed by atoms with Crippen LogP contribution in [0.4, 0.5) is 17.6 Å². The lowest BCUT2D eigenvalue weighted by Gasteiger charge is -2.56. The van der Waals surface area contributed by atoms with Crippen molar-refractivity contribution in [3.63, 3.8) is 0 Å². The number of hydrogen-bond acceptors (Lipinski definition) is 7. The largest absolute Gasteiger partial charge is 0.368 e. The number of amides is 1. The molecule has 7 nitrogen and oxygen atoms in total. The van der Waals surface area contributed by atoms with Crippen LogP contribution in [0.3, 0.4) is 0 Å². The fourth-order valence-corrected chi connectivity index (χ4v) is 6.90. The van der Waals surface area contributed by atoms with Crippen molar-refractivity contribution in [1.82, 2.24) is 20.3 Å². The van der Waals surface area contributed by atoms with Crippen LogP contribution < -0.4 is 16.4 Å². The molecule has 8 heteroatoms. The monoisotopic (exact) mass is 438 g/mol. The van der Waals surface area contributed by atoms with Gasteiger partial charge in [-0.25, -0.2) is 0 Å². The van der Waals surface area contributed by atoms with Crippen molar-refractivity contribution in [3.8, 4) is 0 Å². The quantitative estimate of drug-likeness (QED) is 0.598. The number of nitrogens with zero attached hydrogens (tertiary/aromatic N) is 3. The number of hydrogen-bond donors (Lipinski definition) is 3. The van der Waals surface area contributed by atoms with Gasteiger partial charge in [0.05, 0.1) is 11.0 Å². The summed E-state index contributed by atoms with van der Waals surface area (Å²) >= 11 is 1.54. The molecule has 4 N–H and O–H groups in total. The summed E-state index contributed by atoms with van der Waals surface area (Å²) in [5, 5.41) is 6.53. The first kappa shape index (κ1) is 20.5. The first-order chi connectivity index (χ1) is 15.0. The highest BCUT2D eigenvalue weighted by molar-refractivity contribution is 8.00. The van der Waals surface area contributed by atoms with Crippen LogP contribution in [-0.2, 0) is 4.79 Å². The second kappa shape index (κ2) is 8.30. The molecule has 31 heavy (non-hydrogen) atoms. The zero-order valence-electron chi connectivity index (χ0n) is 17.9. The van der Waals surface area contributed by atoms with Crippen molar-refractivity contribution in [2.75, 3.05) is 16.8 Å². The van der Waals surface area contributed by atoms with E-state index in [0.29, 0.717) is 17.5 Å². The Kier molecular flexibility index (Phi) is 5.50. The SMILES string of the molecule is CC(SCC(=O)NC12CC3CC(CC(C3)C1)C2)c1nc(N)nc(Nc2ccccc2)n1. The average Bonchev–Trinajstić information content (AvgIpc) is 2.71. The molecule has 4 saturated carbocycles. The van der Waals surface area contributed by atoms with Gasteiger partial charge in [-0.3, -0.25) is 4.79 Å². The third-order valence-corrected chi connectivity index (χ3v) is 8.11. The van der Waals surface area contributed by atoms with Crippen LogP contribution in [0.25, 0.3) is 0 Å². The highest BCUT2D eigenvalue weighted by Gasteiger charge is 2.51. The van der Waals surface area contributed by atoms with Gasteiger partial charge < -0.3 is 16.4 Å². The number of thioether (sulfide) groups is 1. The van der Waals surface area contributed by atoms with Crippen LogP contribution in [0.15, 0.2) is 30.3 Å². The Balaban J connectivity index is 1.19. The zero-order valence-corrected chi connectivity index (χ0v) is 18.7. The molecule has 4 aliphatic carbocycles. The minimum absolute atomic E-state index is 0.0556. The molecule has 2 aromatic rings. The van der Waals surface area contributed by atoms with E-state index in [1.54, 1.807) is 11.8 Å². The molecule has 0 spiro atoms. The molecule has 4 aliphatic rings. The summed E-state index contributed by atoms with van der Waals surface area (Å²) < 4.78 is 0. The third-order valence-electron chi connectivity index (χ3n) is 6.97. The molecule has 4 fully saturated rings. The molecule has 6 rings (SSSR count). The van der Waals surface area contributed by atoms with E-state index in [9.17, 15) is 4.79 Å². The predicted molar refractivity (Wildman–Crippen MR) is 124 cm³/mol. The van der Waals surface area contributed by atoms with Gasteiger partial charge in [-0.1, -0.05) is 18.2 Å². The van der Waals surface area contributed by atoms with Crippen LogP contribution in [-0.4, -0.2) is 32.2 Å². The van der Waals surface area contributed by atoms with Gasteiger partial charge in [0.25, 0.3) is 0 Å². The summed E-state index contributed by atoms with van der Waals surface area (Å²) in [4.78, 5) is 25.8. The maximum Gasteiger partial charge on any atom is 0.232 e. The molecule has 0 radical (unpaired) electrons. The van der Waals surface area contributed by atoms with Crippen LogP contribution in [0.2, 0.25) is 0 Å². The Morgan fingerprint density at radius 1 is 1.10 bits per heavy atom. The van der Waals surface area contributed by atoms with Gasteiger partial charge >= 0.3 is 0 Å². The number of nitrogens with one attached hydrogen (secondary N) is 2. The highest BCUT2D eigenvalue weighted by Crippen LogP contribution is 2.55. The second-order valence-electron chi connectivity index (χ2n) is 9.57. The first-order valence-corrected chi connectivity index (χ1v) is 12.3. The van der Waals surface area contributed by atoms with Crippen LogP contribution in [0.1, 0.15) is 56.5 Å². The maximum absolute atomic E-state index is 12.8. The molecule has 4 bridgehead atoms. The second-order valence-corrected chi connectivity index (χ2v) is 10.9. The molecule has 1 aromatic heterocycles. The van der Waals surface area contributed by atoms with Gasteiger partial charge in [0.2, 0.25) is 17.8 Å². The topological polar surface area (TPSA) is 106 Å². The van der Waals surface area contributed by atoms with E-state index in [1.807, 2.05) is 37.3 Å². The Morgan fingerprint density at radius 2 is 1.74 bits per heavy atom. The Bertz CT molecular complexity index is 917. The molecule has 0 aliphatic heterocycles. The normalized spacial score (nSPS) is 29.5. The summed E-state index contributed by atoms with van der Waals surface area (Å²) in [6, 6.07) is 9.70. The molecular formula is C23H30N6OS. The number of nitrogens with two attached hydrogens (primary N) is 1. The van der Waals surface area contributed by atoms with Gasteiger partial charge in [0.15, 0.2) is 0 Å². The lowest BCUT2D eigenvalue weighted by molar-refractivity contribution is -0.124. The molecule has 0 saturated heterocycles. The molecule has 1 atom stereocenters. The van der Waals surface area contributed by atoms with Gasteiger partial charge in [-0.15, -0.1) is 11.8 Å². The van der Waals surface area contributed by atoms with Crippen molar-refractivity contribution in [1.29, 1.82) is 0 Å². The van der Waals surface area contributed by atoms with Crippen molar-refractivity contribution in [2.45, 2.75) is 56.2 Å². The summed E-state index contributed by atoms with van der Waals surface area (Å²) in [5.74, 6) is 4.16. The van der Waals surface area contributed by atoms with Crippen LogP contribution in [0, 0.1) is 17.8 Å². The van der Waals surface area contributed by atoms with Crippen molar-refractivity contribution in [3.05, 3.63) is 36.2 Å². The van der Waals surface area contributed by atoms with Gasteiger partial charge in [0.1, 0.15) is 5.82 Å². The Morgan fingerprint density at radius 3 is 2.39 bits per heavy atom. The smallest absolute Gasteiger partial charge is 0.232 e. The number of rotatable bonds is 7.